The van der Waals surface area contributed by atoms with Crippen LogP contribution in [-0.2, 0) is 11.3 Å². The van der Waals surface area contributed by atoms with Crippen LogP contribution in [0.2, 0.25) is 0 Å². The summed E-state index contributed by atoms with van der Waals surface area (Å²) in [4.78, 5) is 16.7. The molecule has 3 atom stereocenters. The molecule has 0 aliphatic carbocycles. The summed E-state index contributed by atoms with van der Waals surface area (Å²) in [6, 6.07) is 17.8. The third kappa shape index (κ3) is 3.70. The van der Waals surface area contributed by atoms with E-state index < -0.39 is 12.0 Å². The Kier molecular flexibility index (Phi) is 5.14. The van der Waals surface area contributed by atoms with Crippen molar-refractivity contribution in [1.29, 1.82) is 0 Å². The maximum Gasteiger partial charge on any atom is 0.325 e. The van der Waals surface area contributed by atoms with Crippen molar-refractivity contribution in [2.75, 3.05) is 26.7 Å². The Morgan fingerprint density at radius 3 is 2.74 bits per heavy atom. The van der Waals surface area contributed by atoms with Crippen LogP contribution in [0.3, 0.4) is 0 Å². The lowest BCUT2D eigenvalue weighted by Gasteiger charge is -2.28. The first kappa shape index (κ1) is 18.0. The van der Waals surface area contributed by atoms with Crippen LogP contribution in [0, 0.1) is 5.92 Å². The zero-order chi connectivity index (χ0) is 18.8. The molecule has 0 saturated carbocycles. The fraction of sp³-hybridized carbons (Fsp3) is 0.409. The van der Waals surface area contributed by atoms with Gasteiger partial charge in [-0.2, -0.15) is 0 Å². The maximum atomic E-state index is 12.1. The number of carboxylic acids is 1. The zero-order valence-electron chi connectivity index (χ0n) is 15.6. The van der Waals surface area contributed by atoms with E-state index in [0.29, 0.717) is 17.7 Å². The smallest absolute Gasteiger partial charge is 0.325 e. The first-order valence-electron chi connectivity index (χ1n) is 9.54. The molecular formula is C22H26N2O3. The second-order valence-corrected chi connectivity index (χ2v) is 7.54. The Morgan fingerprint density at radius 1 is 1.19 bits per heavy atom. The minimum atomic E-state index is -0.794. The van der Waals surface area contributed by atoms with Gasteiger partial charge in [0, 0.05) is 25.7 Å². The second-order valence-electron chi connectivity index (χ2n) is 7.54. The predicted molar refractivity (Wildman–Crippen MR) is 104 cm³/mol. The summed E-state index contributed by atoms with van der Waals surface area (Å²) in [5.41, 5.74) is 2.11. The van der Waals surface area contributed by atoms with Gasteiger partial charge in [-0.25, -0.2) is 0 Å². The summed E-state index contributed by atoms with van der Waals surface area (Å²) in [5.74, 6) is 0.447. The molecule has 0 spiro atoms. The van der Waals surface area contributed by atoms with E-state index >= 15 is 0 Å². The van der Waals surface area contributed by atoms with Crippen LogP contribution >= 0.6 is 0 Å². The molecule has 0 amide bonds. The van der Waals surface area contributed by atoms with Gasteiger partial charge in [-0.1, -0.05) is 42.5 Å². The number of carboxylic acid groups (broad SMARTS) is 1. The number of hydrogen-bond donors (Lipinski definition) is 1. The molecule has 1 unspecified atom stereocenters. The molecule has 1 N–H and O–H groups in total. The van der Waals surface area contributed by atoms with E-state index in [4.69, 9.17) is 4.74 Å². The van der Waals surface area contributed by atoms with Gasteiger partial charge in [-0.3, -0.25) is 14.6 Å². The van der Waals surface area contributed by atoms with Crippen molar-refractivity contribution in [3.8, 4) is 5.75 Å². The molecule has 27 heavy (non-hydrogen) atoms. The van der Waals surface area contributed by atoms with Crippen molar-refractivity contribution >= 4 is 5.97 Å². The number of carbonyl (C=O) groups is 1. The molecule has 2 saturated heterocycles. The monoisotopic (exact) mass is 366 g/mol. The molecule has 5 heteroatoms. The summed E-state index contributed by atoms with van der Waals surface area (Å²) in [5, 5.41) is 9.92. The van der Waals surface area contributed by atoms with Gasteiger partial charge >= 0.3 is 5.97 Å². The fourth-order valence-corrected chi connectivity index (χ4v) is 4.63. The quantitative estimate of drug-likeness (QED) is 0.852. The summed E-state index contributed by atoms with van der Waals surface area (Å²) >= 11 is 0. The summed E-state index contributed by atoms with van der Waals surface area (Å²) in [6.45, 7) is 3.66. The Hall–Kier alpha value is -2.37. The molecule has 4 rings (SSSR count). The predicted octanol–water partition coefficient (Wildman–Crippen LogP) is 3.03. The number of rotatable bonds is 6. The number of likely N-dealkylation sites (tertiary alicyclic amines) is 2. The third-order valence-electron chi connectivity index (χ3n) is 5.93. The molecule has 5 nitrogen and oxygen atoms in total. The van der Waals surface area contributed by atoms with Crippen molar-refractivity contribution < 1.29 is 14.6 Å². The number of hydrogen-bond acceptors (Lipinski definition) is 4. The van der Waals surface area contributed by atoms with Crippen molar-refractivity contribution in [2.24, 2.45) is 5.92 Å². The van der Waals surface area contributed by atoms with Gasteiger partial charge in [-0.15, -0.1) is 0 Å². The molecule has 142 valence electrons. The highest BCUT2D eigenvalue weighted by atomic mass is 16.5. The standard InChI is InChI=1S/C22H26N2O3/c1-27-19-9-5-8-17(12-19)21(22(25)26)24-14-18-10-11-23(20(18)15-24)13-16-6-3-2-4-7-16/h2-9,12,18,20-21H,10-11,13-15H2,1H3,(H,25,26)/t18-,20+,21?/m0/s1. The lowest BCUT2D eigenvalue weighted by atomic mass is 10.0. The largest absolute Gasteiger partial charge is 0.497 e. The Labute approximate surface area is 160 Å². The first-order chi connectivity index (χ1) is 13.2. The van der Waals surface area contributed by atoms with E-state index in [0.717, 1.165) is 38.2 Å². The van der Waals surface area contributed by atoms with Crippen molar-refractivity contribution in [3.63, 3.8) is 0 Å². The molecule has 2 fully saturated rings. The van der Waals surface area contributed by atoms with E-state index in [1.807, 2.05) is 30.3 Å². The number of benzene rings is 2. The molecule has 0 aromatic heterocycles. The van der Waals surface area contributed by atoms with Crippen LogP contribution in [-0.4, -0.2) is 53.7 Å². The Bertz CT molecular complexity index is 795. The average Bonchev–Trinajstić information content (AvgIpc) is 3.24. The highest BCUT2D eigenvalue weighted by molar-refractivity contribution is 5.75. The van der Waals surface area contributed by atoms with Crippen molar-refractivity contribution in [1.82, 2.24) is 9.80 Å². The molecular weight excluding hydrogens is 340 g/mol. The van der Waals surface area contributed by atoms with E-state index in [1.54, 1.807) is 7.11 Å². The molecule has 2 aliphatic rings. The normalized spacial score (nSPS) is 23.9. The number of aliphatic carboxylic acids is 1. The van der Waals surface area contributed by atoms with Crippen LogP contribution in [0.4, 0.5) is 0 Å². The van der Waals surface area contributed by atoms with E-state index in [1.165, 1.54) is 5.56 Å². The van der Waals surface area contributed by atoms with Crippen molar-refractivity contribution in [3.05, 3.63) is 65.7 Å². The van der Waals surface area contributed by atoms with Crippen LogP contribution in [0.5, 0.6) is 5.75 Å². The van der Waals surface area contributed by atoms with Crippen LogP contribution in [0.1, 0.15) is 23.6 Å². The highest BCUT2D eigenvalue weighted by Crippen LogP contribution is 2.37. The molecule has 0 radical (unpaired) electrons. The van der Waals surface area contributed by atoms with Crippen LogP contribution in [0.25, 0.3) is 0 Å². The van der Waals surface area contributed by atoms with E-state index in [2.05, 4.69) is 34.1 Å². The van der Waals surface area contributed by atoms with Gasteiger partial charge in [0.1, 0.15) is 11.8 Å². The summed E-state index contributed by atoms with van der Waals surface area (Å²) in [6.07, 6.45) is 1.14. The third-order valence-corrected chi connectivity index (χ3v) is 5.93. The molecule has 2 aliphatic heterocycles. The number of methoxy groups -OCH3 is 1. The van der Waals surface area contributed by atoms with E-state index in [-0.39, 0.29) is 0 Å². The van der Waals surface area contributed by atoms with Crippen LogP contribution < -0.4 is 4.74 Å². The topological polar surface area (TPSA) is 53.0 Å². The fourth-order valence-electron chi connectivity index (χ4n) is 4.63. The number of fused-ring (bicyclic) bond motifs is 1. The average molecular weight is 366 g/mol. The Balaban J connectivity index is 1.50. The van der Waals surface area contributed by atoms with Crippen LogP contribution in [0.15, 0.2) is 54.6 Å². The lowest BCUT2D eigenvalue weighted by molar-refractivity contribution is -0.143. The second kappa shape index (κ2) is 7.71. The maximum absolute atomic E-state index is 12.1. The number of nitrogens with zero attached hydrogens (tertiary/aromatic N) is 2. The first-order valence-corrected chi connectivity index (χ1v) is 9.54. The van der Waals surface area contributed by atoms with Gasteiger partial charge in [0.2, 0.25) is 0 Å². The van der Waals surface area contributed by atoms with Crippen molar-refractivity contribution in [2.45, 2.75) is 25.0 Å². The van der Waals surface area contributed by atoms with Gasteiger partial charge in [0.25, 0.3) is 0 Å². The molecule has 2 heterocycles. The summed E-state index contributed by atoms with van der Waals surface area (Å²) < 4.78 is 5.29. The molecule has 2 aromatic carbocycles. The van der Waals surface area contributed by atoms with Gasteiger partial charge in [0.05, 0.1) is 7.11 Å². The highest BCUT2D eigenvalue weighted by Gasteiger charge is 2.44. The zero-order valence-corrected chi connectivity index (χ0v) is 15.6. The lowest BCUT2D eigenvalue weighted by Crippen LogP contribution is -2.38. The van der Waals surface area contributed by atoms with Gasteiger partial charge < -0.3 is 9.84 Å². The minimum Gasteiger partial charge on any atom is -0.497 e. The summed E-state index contributed by atoms with van der Waals surface area (Å²) in [7, 11) is 1.61. The molecule has 2 aromatic rings. The Morgan fingerprint density at radius 2 is 2.00 bits per heavy atom. The van der Waals surface area contributed by atoms with E-state index in [9.17, 15) is 9.90 Å². The number of ether oxygens (including phenoxy) is 1. The van der Waals surface area contributed by atoms with Gasteiger partial charge in [0.15, 0.2) is 0 Å². The SMILES string of the molecule is COc1cccc(C(C(=O)O)N2C[C@@H]3CCN(Cc4ccccc4)[C@@H]3C2)c1. The minimum absolute atomic E-state index is 0.428. The molecule has 0 bridgehead atoms. The van der Waals surface area contributed by atoms with Gasteiger partial charge in [-0.05, 0) is 42.1 Å².